The average molecular weight is 391 g/mol. The molecule has 6 aromatic rings. The van der Waals surface area contributed by atoms with E-state index in [2.05, 4.69) is 40.1 Å². The predicted molar refractivity (Wildman–Crippen MR) is 111 cm³/mol. The Labute approximate surface area is 169 Å². The molecule has 6 heterocycles. The number of fused-ring (bicyclic) bond motifs is 2. The van der Waals surface area contributed by atoms with Crippen LogP contribution in [-0.2, 0) is 0 Å². The van der Waals surface area contributed by atoms with Crippen LogP contribution < -0.4 is 0 Å². The van der Waals surface area contributed by atoms with Crippen molar-refractivity contribution in [1.29, 1.82) is 0 Å². The van der Waals surface area contributed by atoms with Gasteiger partial charge in [-0.25, -0.2) is 15.0 Å². The maximum atomic E-state index is 4.80. The van der Waals surface area contributed by atoms with Gasteiger partial charge in [-0.15, -0.1) is 0 Å². The molecule has 0 spiro atoms. The molecule has 0 aliphatic rings. The van der Waals surface area contributed by atoms with Gasteiger partial charge in [-0.3, -0.25) is 20.1 Å². The lowest BCUT2D eigenvalue weighted by Crippen LogP contribution is -1.88. The minimum atomic E-state index is 0.642. The number of aromatic nitrogens is 9. The summed E-state index contributed by atoms with van der Waals surface area (Å²) in [4.78, 5) is 29.7. The number of pyridine rings is 3. The average Bonchev–Trinajstić information content (AvgIpc) is 3.43. The number of hydrogen-bond donors (Lipinski definition) is 2. The fourth-order valence-electron chi connectivity index (χ4n) is 3.42. The third-order valence-corrected chi connectivity index (χ3v) is 4.84. The van der Waals surface area contributed by atoms with Crippen LogP contribution in [0.2, 0.25) is 0 Å². The first-order chi connectivity index (χ1) is 14.9. The van der Waals surface area contributed by atoms with Gasteiger partial charge in [-0.1, -0.05) is 6.07 Å². The number of nitrogens with zero attached hydrogens (tertiary/aromatic N) is 7. The monoisotopic (exact) mass is 391 g/mol. The minimum Gasteiger partial charge on any atom is -0.336 e. The van der Waals surface area contributed by atoms with E-state index in [0.29, 0.717) is 11.5 Å². The molecule has 142 valence electrons. The Morgan fingerprint density at radius 1 is 0.767 bits per heavy atom. The molecule has 0 saturated heterocycles. The van der Waals surface area contributed by atoms with Gasteiger partial charge in [0.25, 0.3) is 0 Å². The van der Waals surface area contributed by atoms with Crippen LogP contribution in [0.5, 0.6) is 0 Å². The second kappa shape index (κ2) is 6.52. The molecule has 0 saturated carbocycles. The van der Waals surface area contributed by atoms with Crippen LogP contribution in [0.1, 0.15) is 0 Å². The zero-order chi connectivity index (χ0) is 19.9. The van der Waals surface area contributed by atoms with E-state index >= 15 is 0 Å². The van der Waals surface area contributed by atoms with E-state index < -0.39 is 0 Å². The van der Waals surface area contributed by atoms with Gasteiger partial charge in [0.05, 0.1) is 28.6 Å². The summed E-state index contributed by atoms with van der Waals surface area (Å²) < 4.78 is 0. The Balaban J connectivity index is 1.52. The smallest absolute Gasteiger partial charge is 0.159 e. The molecule has 6 aromatic heterocycles. The summed E-state index contributed by atoms with van der Waals surface area (Å²) in [6.45, 7) is 0. The SMILES string of the molecule is c1ccc(-c2nccc3[nH]c(-c4n[nH]c5cnc(-c6cncnc6)cc45)nc23)nc1. The van der Waals surface area contributed by atoms with Gasteiger partial charge in [-0.05, 0) is 24.3 Å². The summed E-state index contributed by atoms with van der Waals surface area (Å²) in [6, 6.07) is 9.57. The van der Waals surface area contributed by atoms with E-state index in [-0.39, 0.29) is 0 Å². The van der Waals surface area contributed by atoms with Crippen molar-refractivity contribution in [3.63, 3.8) is 0 Å². The molecule has 0 aliphatic carbocycles. The van der Waals surface area contributed by atoms with Crippen molar-refractivity contribution in [3.05, 3.63) is 67.6 Å². The highest BCUT2D eigenvalue weighted by molar-refractivity contribution is 5.96. The van der Waals surface area contributed by atoms with E-state index in [1.54, 1.807) is 31.0 Å². The van der Waals surface area contributed by atoms with E-state index in [4.69, 9.17) is 4.98 Å². The first kappa shape index (κ1) is 16.4. The summed E-state index contributed by atoms with van der Waals surface area (Å²) in [6.07, 6.45) is 10.2. The lowest BCUT2D eigenvalue weighted by Gasteiger charge is -2.00. The molecule has 2 N–H and O–H groups in total. The number of hydrogen-bond acceptors (Lipinski definition) is 7. The van der Waals surface area contributed by atoms with Crippen LogP contribution in [0.4, 0.5) is 0 Å². The van der Waals surface area contributed by atoms with Gasteiger partial charge in [0.2, 0.25) is 0 Å². The summed E-state index contributed by atoms with van der Waals surface area (Å²) in [5.41, 5.74) is 6.21. The lowest BCUT2D eigenvalue weighted by atomic mass is 10.1. The minimum absolute atomic E-state index is 0.642. The Kier molecular flexibility index (Phi) is 3.57. The second-order valence-electron chi connectivity index (χ2n) is 6.67. The summed E-state index contributed by atoms with van der Waals surface area (Å²) in [7, 11) is 0. The molecule has 6 rings (SSSR count). The molecule has 0 unspecified atom stereocenters. The highest BCUT2D eigenvalue weighted by Crippen LogP contribution is 2.30. The number of H-pyrrole nitrogens is 2. The largest absolute Gasteiger partial charge is 0.336 e. The fraction of sp³-hybridized carbons (Fsp3) is 0. The zero-order valence-electron chi connectivity index (χ0n) is 15.5. The standard InChI is InChI=1S/C21H13N9/c1-2-5-24-14(3-1)19-20-15(4-6-25-19)27-21(28-20)18-13-7-16(12-8-22-11-23-9-12)26-10-17(13)29-30-18/h1-11H,(H,27,28)(H,29,30). The van der Waals surface area contributed by atoms with Crippen LogP contribution in [-0.4, -0.2) is 45.1 Å². The summed E-state index contributed by atoms with van der Waals surface area (Å²) >= 11 is 0. The lowest BCUT2D eigenvalue weighted by molar-refractivity contribution is 1.10. The van der Waals surface area contributed by atoms with Crippen LogP contribution in [0.25, 0.3) is 56.1 Å². The third kappa shape index (κ3) is 2.60. The summed E-state index contributed by atoms with van der Waals surface area (Å²) in [5.74, 6) is 0.642. The zero-order valence-corrected chi connectivity index (χ0v) is 15.5. The molecule has 0 radical (unpaired) electrons. The molecule has 30 heavy (non-hydrogen) atoms. The van der Waals surface area contributed by atoms with E-state index in [9.17, 15) is 0 Å². The Morgan fingerprint density at radius 2 is 1.70 bits per heavy atom. The van der Waals surface area contributed by atoms with E-state index in [1.807, 2.05) is 30.3 Å². The Bertz CT molecular complexity index is 1490. The Morgan fingerprint density at radius 3 is 2.57 bits per heavy atom. The van der Waals surface area contributed by atoms with Crippen molar-refractivity contribution < 1.29 is 0 Å². The second-order valence-corrected chi connectivity index (χ2v) is 6.67. The molecule has 9 heteroatoms. The topological polar surface area (TPSA) is 122 Å². The van der Waals surface area contributed by atoms with Gasteiger partial charge in [0.1, 0.15) is 23.2 Å². The molecule has 0 bridgehead atoms. The molecule has 0 amide bonds. The van der Waals surface area contributed by atoms with Gasteiger partial charge >= 0.3 is 0 Å². The summed E-state index contributed by atoms with van der Waals surface area (Å²) in [5, 5.41) is 8.39. The maximum absolute atomic E-state index is 4.80. The van der Waals surface area contributed by atoms with Crippen molar-refractivity contribution in [3.8, 4) is 34.2 Å². The van der Waals surface area contributed by atoms with Crippen LogP contribution in [0.3, 0.4) is 0 Å². The van der Waals surface area contributed by atoms with Crippen molar-refractivity contribution in [2.45, 2.75) is 0 Å². The van der Waals surface area contributed by atoms with Crippen molar-refractivity contribution in [2.24, 2.45) is 0 Å². The molecule has 9 nitrogen and oxygen atoms in total. The fourth-order valence-corrected chi connectivity index (χ4v) is 3.42. The highest BCUT2D eigenvalue weighted by atomic mass is 15.1. The quantitative estimate of drug-likeness (QED) is 0.474. The number of rotatable bonds is 3. The van der Waals surface area contributed by atoms with Crippen LogP contribution >= 0.6 is 0 Å². The molecular formula is C21H13N9. The van der Waals surface area contributed by atoms with Crippen LogP contribution in [0.15, 0.2) is 67.6 Å². The predicted octanol–water partition coefficient (Wildman–Crippen LogP) is 3.42. The van der Waals surface area contributed by atoms with E-state index in [0.717, 1.165) is 44.6 Å². The molecule has 0 atom stereocenters. The normalized spacial score (nSPS) is 11.3. The van der Waals surface area contributed by atoms with Gasteiger partial charge < -0.3 is 4.98 Å². The van der Waals surface area contributed by atoms with Crippen LogP contribution in [0, 0.1) is 0 Å². The van der Waals surface area contributed by atoms with Crippen molar-refractivity contribution >= 4 is 21.9 Å². The van der Waals surface area contributed by atoms with Gasteiger partial charge in [-0.2, -0.15) is 5.10 Å². The van der Waals surface area contributed by atoms with Gasteiger partial charge in [0.15, 0.2) is 5.82 Å². The maximum Gasteiger partial charge on any atom is 0.159 e. The molecule has 0 aliphatic heterocycles. The number of nitrogens with one attached hydrogen (secondary N) is 2. The van der Waals surface area contributed by atoms with Crippen molar-refractivity contribution in [1.82, 2.24) is 45.1 Å². The van der Waals surface area contributed by atoms with E-state index in [1.165, 1.54) is 6.33 Å². The first-order valence-electron chi connectivity index (χ1n) is 9.23. The number of aromatic amines is 2. The molecule has 0 fully saturated rings. The van der Waals surface area contributed by atoms with Crippen molar-refractivity contribution in [2.75, 3.05) is 0 Å². The number of imidazole rings is 1. The highest BCUT2D eigenvalue weighted by Gasteiger charge is 2.17. The third-order valence-electron chi connectivity index (χ3n) is 4.84. The first-order valence-corrected chi connectivity index (χ1v) is 9.23. The molecule has 0 aromatic carbocycles. The Hall–Kier alpha value is -4.53. The molecular weight excluding hydrogens is 378 g/mol. The van der Waals surface area contributed by atoms with Gasteiger partial charge in [0, 0.05) is 35.7 Å².